The molecule has 1 fully saturated rings. The van der Waals surface area contributed by atoms with Gasteiger partial charge in [-0.2, -0.15) is 0 Å². The van der Waals surface area contributed by atoms with E-state index in [2.05, 4.69) is 10.6 Å². The first-order chi connectivity index (χ1) is 9.67. The molecule has 0 aromatic heterocycles. The number of nitrogens with one attached hydrogen (secondary N) is 2. The summed E-state index contributed by atoms with van der Waals surface area (Å²) in [7, 11) is 1.96. The first kappa shape index (κ1) is 13.1. The second kappa shape index (κ2) is 5.25. The lowest BCUT2D eigenvalue weighted by molar-refractivity contribution is -0.115. The highest BCUT2D eigenvalue weighted by Gasteiger charge is 2.24. The molecule has 2 heterocycles. The van der Waals surface area contributed by atoms with Crippen molar-refractivity contribution in [2.45, 2.75) is 25.3 Å². The smallest absolute Gasteiger partial charge is 0.253 e. The first-order valence-electron chi connectivity index (χ1n) is 7.06. The molecule has 5 heteroatoms. The fourth-order valence-electron chi connectivity index (χ4n) is 2.90. The van der Waals surface area contributed by atoms with E-state index < -0.39 is 0 Å². The molecule has 0 saturated carbocycles. The minimum absolute atomic E-state index is 0.000525. The molecule has 2 aliphatic heterocycles. The van der Waals surface area contributed by atoms with E-state index in [-0.39, 0.29) is 11.8 Å². The summed E-state index contributed by atoms with van der Waals surface area (Å²) in [4.78, 5) is 25.7. The normalized spacial score (nSPS) is 18.9. The van der Waals surface area contributed by atoms with E-state index >= 15 is 0 Å². The lowest BCUT2D eigenvalue weighted by atomic mass is 10.0. The predicted octanol–water partition coefficient (Wildman–Crippen LogP) is 1.01. The topological polar surface area (TPSA) is 61.4 Å². The summed E-state index contributed by atoms with van der Waals surface area (Å²) in [6, 6.07) is 6.01. The van der Waals surface area contributed by atoms with E-state index in [1.54, 1.807) is 6.07 Å². The number of carbonyl (C=O) groups excluding carboxylic acids is 2. The van der Waals surface area contributed by atoms with Crippen LogP contribution in [0.2, 0.25) is 0 Å². The van der Waals surface area contributed by atoms with Crippen molar-refractivity contribution in [3.05, 3.63) is 29.3 Å². The predicted molar refractivity (Wildman–Crippen MR) is 76.8 cm³/mol. The summed E-state index contributed by atoms with van der Waals surface area (Å²) in [5.41, 5.74) is 2.42. The summed E-state index contributed by atoms with van der Waals surface area (Å²) in [5.74, 6) is 0.0583. The maximum absolute atomic E-state index is 12.5. The molecule has 2 amide bonds. The highest BCUT2D eigenvalue weighted by atomic mass is 16.2. The van der Waals surface area contributed by atoms with Gasteiger partial charge in [-0.1, -0.05) is 6.07 Å². The van der Waals surface area contributed by atoms with Gasteiger partial charge >= 0.3 is 0 Å². The zero-order chi connectivity index (χ0) is 14.1. The molecule has 0 aliphatic carbocycles. The highest BCUT2D eigenvalue weighted by molar-refractivity contribution is 6.02. The monoisotopic (exact) mass is 273 g/mol. The lowest BCUT2D eigenvalue weighted by Crippen LogP contribution is -2.43. The van der Waals surface area contributed by atoms with Gasteiger partial charge in [0, 0.05) is 30.4 Å². The number of likely N-dealkylation sites (tertiary alicyclic amines) is 1. The third kappa shape index (κ3) is 2.41. The third-order valence-corrected chi connectivity index (χ3v) is 4.17. The van der Waals surface area contributed by atoms with E-state index in [9.17, 15) is 9.59 Å². The molecular weight excluding hydrogens is 254 g/mol. The molecule has 5 nitrogen and oxygen atoms in total. The van der Waals surface area contributed by atoms with Crippen LogP contribution in [0.3, 0.4) is 0 Å². The van der Waals surface area contributed by atoms with E-state index in [0.717, 1.165) is 37.2 Å². The zero-order valence-electron chi connectivity index (χ0n) is 11.6. The molecule has 0 atom stereocenters. The van der Waals surface area contributed by atoms with Crippen molar-refractivity contribution in [2.75, 3.05) is 25.5 Å². The van der Waals surface area contributed by atoms with Crippen molar-refractivity contribution in [1.29, 1.82) is 0 Å². The Hall–Kier alpha value is -1.88. The van der Waals surface area contributed by atoms with Gasteiger partial charge in [-0.25, -0.2) is 0 Å². The number of nitrogens with zero attached hydrogens (tertiary/aromatic N) is 1. The Bertz CT molecular complexity index is 548. The number of hydrogen-bond acceptors (Lipinski definition) is 3. The van der Waals surface area contributed by atoms with E-state index in [1.165, 1.54) is 0 Å². The molecular formula is C15H19N3O2. The molecule has 1 aromatic carbocycles. The number of carbonyl (C=O) groups is 2. The number of hydrogen-bond donors (Lipinski definition) is 2. The van der Waals surface area contributed by atoms with Crippen LogP contribution in [-0.4, -0.2) is 42.9 Å². The average molecular weight is 273 g/mol. The van der Waals surface area contributed by atoms with Gasteiger partial charge in [0.2, 0.25) is 5.91 Å². The zero-order valence-corrected chi connectivity index (χ0v) is 11.6. The van der Waals surface area contributed by atoms with Gasteiger partial charge < -0.3 is 15.5 Å². The number of anilines is 1. The highest BCUT2D eigenvalue weighted by Crippen LogP contribution is 2.25. The van der Waals surface area contributed by atoms with Gasteiger partial charge in [0.15, 0.2) is 0 Å². The fraction of sp³-hybridized carbons (Fsp3) is 0.467. The van der Waals surface area contributed by atoms with Crippen LogP contribution < -0.4 is 10.6 Å². The van der Waals surface area contributed by atoms with E-state index in [1.807, 2.05) is 24.1 Å². The maximum atomic E-state index is 12.5. The summed E-state index contributed by atoms with van der Waals surface area (Å²) < 4.78 is 0. The van der Waals surface area contributed by atoms with Crippen LogP contribution in [0.5, 0.6) is 0 Å². The number of fused-ring (bicyclic) bond motifs is 1. The molecule has 2 N–H and O–H groups in total. The van der Waals surface area contributed by atoms with Gasteiger partial charge in [0.05, 0.1) is 6.42 Å². The molecule has 0 spiro atoms. The Balaban J connectivity index is 1.72. The fourth-order valence-corrected chi connectivity index (χ4v) is 2.90. The largest absolute Gasteiger partial charge is 0.339 e. The third-order valence-electron chi connectivity index (χ3n) is 4.17. The van der Waals surface area contributed by atoms with Crippen molar-refractivity contribution in [3.63, 3.8) is 0 Å². The molecule has 20 heavy (non-hydrogen) atoms. The summed E-state index contributed by atoms with van der Waals surface area (Å²) >= 11 is 0. The van der Waals surface area contributed by atoms with E-state index in [0.29, 0.717) is 18.0 Å². The minimum atomic E-state index is -0.000525. The minimum Gasteiger partial charge on any atom is -0.339 e. The van der Waals surface area contributed by atoms with Gasteiger partial charge in [-0.15, -0.1) is 0 Å². The average Bonchev–Trinajstić information content (AvgIpc) is 2.85. The molecule has 0 radical (unpaired) electrons. The van der Waals surface area contributed by atoms with Crippen LogP contribution in [0.1, 0.15) is 28.8 Å². The van der Waals surface area contributed by atoms with Crippen molar-refractivity contribution >= 4 is 17.5 Å². The summed E-state index contributed by atoms with van der Waals surface area (Å²) in [6.45, 7) is 1.57. The van der Waals surface area contributed by atoms with Crippen molar-refractivity contribution < 1.29 is 9.59 Å². The van der Waals surface area contributed by atoms with Crippen LogP contribution >= 0.6 is 0 Å². The Morgan fingerprint density at radius 1 is 1.35 bits per heavy atom. The molecule has 2 aliphatic rings. The lowest BCUT2D eigenvalue weighted by Gasteiger charge is -2.32. The van der Waals surface area contributed by atoms with Crippen LogP contribution in [0, 0.1) is 0 Å². The van der Waals surface area contributed by atoms with Crippen LogP contribution in [0.15, 0.2) is 18.2 Å². The first-order valence-corrected chi connectivity index (χ1v) is 7.06. The molecule has 1 aromatic rings. The number of rotatable bonds is 2. The summed E-state index contributed by atoms with van der Waals surface area (Å²) in [5, 5.41) is 6.05. The van der Waals surface area contributed by atoms with Crippen LogP contribution in [-0.2, 0) is 11.2 Å². The van der Waals surface area contributed by atoms with E-state index in [4.69, 9.17) is 0 Å². The van der Waals surface area contributed by atoms with Crippen molar-refractivity contribution in [3.8, 4) is 0 Å². The number of benzene rings is 1. The molecule has 3 rings (SSSR count). The standard InChI is InChI=1S/C15H19N3O2/c1-16-12-4-6-18(7-5-12)15(20)11-3-2-10-9-14(19)17-13(10)8-11/h2-3,8,12,16H,4-7,9H2,1H3,(H,17,19). The molecule has 1 saturated heterocycles. The quantitative estimate of drug-likeness (QED) is 0.845. The second-order valence-corrected chi connectivity index (χ2v) is 5.45. The van der Waals surface area contributed by atoms with Gasteiger partial charge in [0.25, 0.3) is 5.91 Å². The Labute approximate surface area is 118 Å². The molecule has 106 valence electrons. The molecule has 0 unspecified atom stereocenters. The van der Waals surface area contributed by atoms with Gasteiger partial charge in [-0.05, 0) is 37.6 Å². The van der Waals surface area contributed by atoms with Crippen molar-refractivity contribution in [2.24, 2.45) is 0 Å². The van der Waals surface area contributed by atoms with Gasteiger partial charge in [0.1, 0.15) is 0 Å². The summed E-state index contributed by atoms with van der Waals surface area (Å²) in [6.07, 6.45) is 2.39. The van der Waals surface area contributed by atoms with Crippen LogP contribution in [0.25, 0.3) is 0 Å². The number of amides is 2. The Kier molecular flexibility index (Phi) is 3.44. The Morgan fingerprint density at radius 2 is 2.10 bits per heavy atom. The number of piperidine rings is 1. The maximum Gasteiger partial charge on any atom is 0.253 e. The van der Waals surface area contributed by atoms with Crippen LogP contribution in [0.4, 0.5) is 5.69 Å². The van der Waals surface area contributed by atoms with Gasteiger partial charge in [-0.3, -0.25) is 9.59 Å². The van der Waals surface area contributed by atoms with Crippen molar-refractivity contribution in [1.82, 2.24) is 10.2 Å². The SMILES string of the molecule is CNC1CCN(C(=O)c2ccc3c(c2)NC(=O)C3)CC1. The second-order valence-electron chi connectivity index (χ2n) is 5.45. The molecule has 0 bridgehead atoms. The Morgan fingerprint density at radius 3 is 2.80 bits per heavy atom.